The molecule has 0 unspecified atom stereocenters. The number of benzene rings is 1. The van der Waals surface area contributed by atoms with E-state index in [0.29, 0.717) is 24.3 Å². The number of hydrogen-bond donors (Lipinski definition) is 1. The molecule has 1 aliphatic rings. The van der Waals surface area contributed by atoms with Gasteiger partial charge in [-0.2, -0.15) is 0 Å². The van der Waals surface area contributed by atoms with Crippen molar-refractivity contribution in [2.75, 3.05) is 37.9 Å². The van der Waals surface area contributed by atoms with Crippen LogP contribution in [0.25, 0.3) is 0 Å². The maximum atomic E-state index is 12.7. The number of carbonyl (C=O) groups excluding carboxylic acids is 1. The average molecular weight is 409 g/mol. The summed E-state index contributed by atoms with van der Waals surface area (Å²) >= 11 is 1.19. The number of sulfonamides is 1. The number of anilines is 1. The van der Waals surface area contributed by atoms with E-state index < -0.39 is 10.0 Å². The monoisotopic (exact) mass is 408 g/mol. The van der Waals surface area contributed by atoms with Crippen molar-refractivity contribution in [3.63, 3.8) is 0 Å². The van der Waals surface area contributed by atoms with Crippen molar-refractivity contribution in [2.24, 2.45) is 0 Å². The maximum Gasteiger partial charge on any atom is 0.263 e. The molecular weight excluding hydrogens is 384 g/mol. The van der Waals surface area contributed by atoms with Crippen molar-refractivity contribution in [1.82, 2.24) is 14.8 Å². The van der Waals surface area contributed by atoms with Gasteiger partial charge < -0.3 is 9.80 Å². The molecule has 1 aliphatic heterocycles. The van der Waals surface area contributed by atoms with Crippen LogP contribution in [-0.2, 0) is 21.2 Å². The number of piperazine rings is 1. The molecule has 2 heterocycles. The Hall–Kier alpha value is -1.97. The molecule has 1 N–H and O–H groups in total. The number of thiazole rings is 1. The molecule has 0 aliphatic carbocycles. The summed E-state index contributed by atoms with van der Waals surface area (Å²) in [4.78, 5) is 21.0. The van der Waals surface area contributed by atoms with Crippen LogP contribution in [0.15, 0.2) is 28.5 Å². The Morgan fingerprint density at radius 2 is 1.93 bits per heavy atom. The lowest BCUT2D eigenvalue weighted by atomic mass is 10.1. The van der Waals surface area contributed by atoms with E-state index in [9.17, 15) is 13.2 Å². The second kappa shape index (κ2) is 7.95. The molecule has 1 aromatic heterocycles. The standard InChI is InChI=1S/C18H24N4O3S2/c1-13-5-4-6-16(14(13)2)27(24,25)20-18-19-15(12-26-18)11-17(23)22-9-7-21(3)8-10-22/h4-6,12H,7-11H2,1-3H3,(H,19,20). The van der Waals surface area contributed by atoms with Crippen LogP contribution in [0.5, 0.6) is 0 Å². The number of aryl methyl sites for hydroxylation is 1. The minimum Gasteiger partial charge on any atom is -0.340 e. The number of rotatable bonds is 5. The highest BCUT2D eigenvalue weighted by Gasteiger charge is 2.22. The second-order valence-electron chi connectivity index (χ2n) is 6.81. The topological polar surface area (TPSA) is 82.6 Å². The highest BCUT2D eigenvalue weighted by molar-refractivity contribution is 7.93. The summed E-state index contributed by atoms with van der Waals surface area (Å²) in [5.41, 5.74) is 2.21. The smallest absolute Gasteiger partial charge is 0.263 e. The van der Waals surface area contributed by atoms with Gasteiger partial charge in [-0.15, -0.1) is 11.3 Å². The molecule has 1 aromatic carbocycles. The summed E-state index contributed by atoms with van der Waals surface area (Å²) in [6.45, 7) is 6.82. The lowest BCUT2D eigenvalue weighted by Gasteiger charge is -2.32. The van der Waals surface area contributed by atoms with E-state index >= 15 is 0 Å². The first-order valence-corrected chi connectivity index (χ1v) is 11.1. The summed E-state index contributed by atoms with van der Waals surface area (Å²) in [6, 6.07) is 5.18. The molecule has 1 amide bonds. The van der Waals surface area contributed by atoms with E-state index in [1.54, 1.807) is 24.4 Å². The highest BCUT2D eigenvalue weighted by atomic mass is 32.2. The Morgan fingerprint density at radius 1 is 1.22 bits per heavy atom. The van der Waals surface area contributed by atoms with Crippen LogP contribution >= 0.6 is 11.3 Å². The van der Waals surface area contributed by atoms with Crippen LogP contribution < -0.4 is 4.72 Å². The summed E-state index contributed by atoms with van der Waals surface area (Å²) in [7, 11) is -1.67. The first kappa shape index (κ1) is 19.8. The third-order valence-electron chi connectivity index (χ3n) is 4.81. The Balaban J connectivity index is 1.67. The molecule has 7 nitrogen and oxygen atoms in total. The van der Waals surface area contributed by atoms with Crippen molar-refractivity contribution in [2.45, 2.75) is 25.2 Å². The molecule has 0 radical (unpaired) electrons. The predicted octanol–water partition coefficient (Wildman–Crippen LogP) is 1.88. The van der Waals surface area contributed by atoms with E-state index in [-0.39, 0.29) is 22.4 Å². The van der Waals surface area contributed by atoms with Crippen LogP contribution in [0.3, 0.4) is 0 Å². The van der Waals surface area contributed by atoms with Crippen LogP contribution in [0.2, 0.25) is 0 Å². The fraction of sp³-hybridized carbons (Fsp3) is 0.444. The SMILES string of the molecule is Cc1cccc(S(=O)(=O)Nc2nc(CC(=O)N3CCN(C)CC3)cs2)c1C. The van der Waals surface area contributed by atoms with E-state index in [1.807, 2.05) is 24.9 Å². The molecule has 0 saturated carbocycles. The largest absolute Gasteiger partial charge is 0.340 e. The molecule has 0 atom stereocenters. The molecule has 2 aromatic rings. The van der Waals surface area contributed by atoms with Crippen molar-refractivity contribution in [3.8, 4) is 0 Å². The number of aromatic nitrogens is 1. The van der Waals surface area contributed by atoms with Crippen LogP contribution in [0, 0.1) is 13.8 Å². The highest BCUT2D eigenvalue weighted by Crippen LogP contribution is 2.24. The molecule has 0 spiro atoms. The van der Waals surface area contributed by atoms with Crippen LogP contribution in [-0.4, -0.2) is 62.3 Å². The van der Waals surface area contributed by atoms with Gasteiger partial charge in [0, 0.05) is 31.6 Å². The third-order valence-corrected chi connectivity index (χ3v) is 7.23. The Labute approximate surface area is 164 Å². The summed E-state index contributed by atoms with van der Waals surface area (Å²) in [5.74, 6) is 0.0253. The zero-order valence-corrected chi connectivity index (χ0v) is 17.4. The van der Waals surface area contributed by atoms with E-state index in [4.69, 9.17) is 0 Å². The lowest BCUT2D eigenvalue weighted by molar-refractivity contribution is -0.132. The van der Waals surface area contributed by atoms with Gasteiger partial charge in [0.25, 0.3) is 10.0 Å². The first-order valence-electron chi connectivity index (χ1n) is 8.76. The summed E-state index contributed by atoms with van der Waals surface area (Å²) in [5, 5.41) is 2.01. The van der Waals surface area contributed by atoms with E-state index in [2.05, 4.69) is 14.6 Å². The van der Waals surface area contributed by atoms with Gasteiger partial charge in [0.05, 0.1) is 17.0 Å². The lowest BCUT2D eigenvalue weighted by Crippen LogP contribution is -2.47. The van der Waals surface area contributed by atoms with Gasteiger partial charge >= 0.3 is 0 Å². The normalized spacial score (nSPS) is 15.7. The van der Waals surface area contributed by atoms with Gasteiger partial charge in [0.2, 0.25) is 5.91 Å². The molecule has 3 rings (SSSR count). The Kier molecular flexibility index (Phi) is 5.83. The summed E-state index contributed by atoms with van der Waals surface area (Å²) in [6.07, 6.45) is 0.186. The molecule has 27 heavy (non-hydrogen) atoms. The van der Waals surface area contributed by atoms with Gasteiger partial charge in [-0.05, 0) is 38.1 Å². The molecule has 1 fully saturated rings. The van der Waals surface area contributed by atoms with Crippen molar-refractivity contribution >= 4 is 32.4 Å². The Morgan fingerprint density at radius 3 is 2.63 bits per heavy atom. The zero-order valence-electron chi connectivity index (χ0n) is 15.7. The van der Waals surface area contributed by atoms with Crippen molar-refractivity contribution in [1.29, 1.82) is 0 Å². The van der Waals surface area contributed by atoms with Crippen molar-refractivity contribution < 1.29 is 13.2 Å². The van der Waals surface area contributed by atoms with Crippen molar-refractivity contribution in [3.05, 3.63) is 40.4 Å². The molecular formula is C18H24N4O3S2. The summed E-state index contributed by atoms with van der Waals surface area (Å²) < 4.78 is 27.8. The number of carbonyl (C=O) groups is 1. The molecule has 1 saturated heterocycles. The number of nitrogens with one attached hydrogen (secondary N) is 1. The minimum absolute atomic E-state index is 0.0253. The van der Waals surface area contributed by atoms with Crippen LogP contribution in [0.4, 0.5) is 5.13 Å². The fourth-order valence-corrected chi connectivity index (χ4v) is 5.23. The van der Waals surface area contributed by atoms with Gasteiger partial charge in [-0.1, -0.05) is 12.1 Å². The van der Waals surface area contributed by atoms with Gasteiger partial charge in [-0.25, -0.2) is 13.4 Å². The van der Waals surface area contributed by atoms with Gasteiger partial charge in [0.1, 0.15) is 0 Å². The second-order valence-corrected chi connectivity index (χ2v) is 9.32. The third kappa shape index (κ3) is 4.66. The molecule has 0 bridgehead atoms. The van der Waals surface area contributed by atoms with E-state index in [1.165, 1.54) is 11.3 Å². The number of nitrogens with zero attached hydrogens (tertiary/aromatic N) is 3. The number of likely N-dealkylation sites (N-methyl/N-ethyl adjacent to an activating group) is 1. The quantitative estimate of drug-likeness (QED) is 0.817. The van der Waals surface area contributed by atoms with Gasteiger partial charge in [0.15, 0.2) is 5.13 Å². The zero-order chi connectivity index (χ0) is 19.6. The van der Waals surface area contributed by atoms with Gasteiger partial charge in [-0.3, -0.25) is 9.52 Å². The first-order chi connectivity index (χ1) is 12.8. The maximum absolute atomic E-state index is 12.7. The predicted molar refractivity (Wildman–Crippen MR) is 107 cm³/mol. The fourth-order valence-electron chi connectivity index (χ4n) is 2.94. The van der Waals surface area contributed by atoms with Crippen LogP contribution in [0.1, 0.15) is 16.8 Å². The average Bonchev–Trinajstić information content (AvgIpc) is 3.03. The Bertz CT molecular complexity index is 932. The number of hydrogen-bond acceptors (Lipinski definition) is 6. The minimum atomic E-state index is -3.71. The molecule has 9 heteroatoms. The molecule has 146 valence electrons. The van der Waals surface area contributed by atoms with E-state index in [0.717, 1.165) is 18.7 Å². The number of amides is 1.